The van der Waals surface area contributed by atoms with E-state index >= 15 is 0 Å². The number of fused-ring (bicyclic) bond motifs is 1. The molecule has 3 rings (SSSR count). The SMILES string of the molecule is Cc1cc2ccccc2n1CC(=O)c1sccc1Br. The molecule has 0 N–H and O–H groups in total. The van der Waals surface area contributed by atoms with Gasteiger partial charge in [0.25, 0.3) is 0 Å². The Kier molecular flexibility index (Phi) is 3.29. The lowest BCUT2D eigenvalue weighted by molar-refractivity contribution is 0.0976. The summed E-state index contributed by atoms with van der Waals surface area (Å²) in [4.78, 5) is 13.1. The topological polar surface area (TPSA) is 22.0 Å². The van der Waals surface area contributed by atoms with Crippen LogP contribution in [0, 0.1) is 6.92 Å². The molecule has 0 aliphatic heterocycles. The van der Waals surface area contributed by atoms with Crippen LogP contribution >= 0.6 is 27.3 Å². The highest BCUT2D eigenvalue weighted by atomic mass is 79.9. The molecule has 3 aromatic rings. The number of nitrogens with zero attached hydrogens (tertiary/aromatic N) is 1. The van der Waals surface area contributed by atoms with Crippen molar-refractivity contribution >= 4 is 44.0 Å². The van der Waals surface area contributed by atoms with E-state index in [1.807, 2.05) is 30.5 Å². The highest BCUT2D eigenvalue weighted by molar-refractivity contribution is 9.10. The van der Waals surface area contributed by atoms with Crippen LogP contribution in [0.15, 0.2) is 46.3 Å². The molecule has 0 fully saturated rings. The second-order valence-corrected chi connectivity index (χ2v) is 6.22. The number of para-hydroxylation sites is 1. The fourth-order valence-electron chi connectivity index (χ4n) is 2.27. The second-order valence-electron chi connectivity index (χ2n) is 4.45. The smallest absolute Gasteiger partial charge is 0.193 e. The number of hydrogen-bond donors (Lipinski definition) is 0. The summed E-state index contributed by atoms with van der Waals surface area (Å²) in [5.74, 6) is 0.145. The van der Waals surface area contributed by atoms with Gasteiger partial charge in [0.1, 0.15) is 0 Å². The van der Waals surface area contributed by atoms with Crippen molar-refractivity contribution in [2.24, 2.45) is 0 Å². The third kappa shape index (κ3) is 2.26. The van der Waals surface area contributed by atoms with Crippen molar-refractivity contribution in [1.82, 2.24) is 4.57 Å². The van der Waals surface area contributed by atoms with Crippen LogP contribution in [-0.2, 0) is 6.54 Å². The molecule has 0 radical (unpaired) electrons. The van der Waals surface area contributed by atoms with E-state index in [1.165, 1.54) is 16.7 Å². The molecule has 0 amide bonds. The van der Waals surface area contributed by atoms with Gasteiger partial charge in [-0.05, 0) is 51.8 Å². The van der Waals surface area contributed by atoms with E-state index in [0.717, 1.165) is 20.6 Å². The Morgan fingerprint density at radius 3 is 2.84 bits per heavy atom. The third-order valence-corrected chi connectivity index (χ3v) is 5.07. The van der Waals surface area contributed by atoms with E-state index in [4.69, 9.17) is 0 Å². The van der Waals surface area contributed by atoms with E-state index in [2.05, 4.69) is 38.7 Å². The summed E-state index contributed by atoms with van der Waals surface area (Å²) in [6.45, 7) is 2.43. The Hall–Kier alpha value is -1.39. The molecule has 2 nitrogen and oxygen atoms in total. The molecule has 0 saturated heterocycles. The fraction of sp³-hybridized carbons (Fsp3) is 0.133. The van der Waals surface area contributed by atoms with E-state index in [-0.39, 0.29) is 5.78 Å². The molecule has 0 spiro atoms. The summed E-state index contributed by atoms with van der Waals surface area (Å²) in [7, 11) is 0. The number of aromatic nitrogens is 1. The Morgan fingerprint density at radius 2 is 2.11 bits per heavy atom. The van der Waals surface area contributed by atoms with Gasteiger partial charge in [0, 0.05) is 15.7 Å². The lowest BCUT2D eigenvalue weighted by Gasteiger charge is -2.07. The lowest BCUT2D eigenvalue weighted by Crippen LogP contribution is -2.10. The zero-order chi connectivity index (χ0) is 13.4. The first-order chi connectivity index (χ1) is 9.16. The first-order valence-corrected chi connectivity index (χ1v) is 7.65. The monoisotopic (exact) mass is 333 g/mol. The maximum Gasteiger partial charge on any atom is 0.193 e. The van der Waals surface area contributed by atoms with Crippen LogP contribution in [0.1, 0.15) is 15.4 Å². The second kappa shape index (κ2) is 4.94. The summed E-state index contributed by atoms with van der Waals surface area (Å²) in [6, 6.07) is 12.2. The van der Waals surface area contributed by atoms with Crippen LogP contribution in [0.2, 0.25) is 0 Å². The summed E-state index contributed by atoms with van der Waals surface area (Å²) in [6.07, 6.45) is 0. The van der Waals surface area contributed by atoms with Crippen molar-refractivity contribution in [3.05, 3.63) is 56.8 Å². The lowest BCUT2D eigenvalue weighted by atomic mass is 10.2. The molecular formula is C15H12BrNOS. The Balaban J connectivity index is 2.00. The van der Waals surface area contributed by atoms with E-state index in [9.17, 15) is 4.79 Å². The zero-order valence-corrected chi connectivity index (χ0v) is 12.8. The van der Waals surface area contributed by atoms with Gasteiger partial charge in [-0.3, -0.25) is 4.79 Å². The van der Waals surface area contributed by atoms with Crippen molar-refractivity contribution in [2.45, 2.75) is 13.5 Å². The number of carbonyl (C=O) groups excluding carboxylic acids is 1. The Labute approximate surface area is 123 Å². The van der Waals surface area contributed by atoms with Gasteiger partial charge in [0.05, 0.1) is 11.4 Å². The Morgan fingerprint density at radius 1 is 1.32 bits per heavy atom. The minimum absolute atomic E-state index is 0.145. The summed E-state index contributed by atoms with van der Waals surface area (Å²) < 4.78 is 2.96. The van der Waals surface area contributed by atoms with Gasteiger partial charge in [0.2, 0.25) is 0 Å². The number of hydrogen-bond acceptors (Lipinski definition) is 2. The largest absolute Gasteiger partial charge is 0.337 e. The van der Waals surface area contributed by atoms with Gasteiger partial charge in [-0.1, -0.05) is 18.2 Å². The summed E-state index contributed by atoms with van der Waals surface area (Å²) in [5.41, 5.74) is 2.23. The zero-order valence-electron chi connectivity index (χ0n) is 10.4. The van der Waals surface area contributed by atoms with E-state index < -0.39 is 0 Å². The van der Waals surface area contributed by atoms with Crippen LogP contribution in [-0.4, -0.2) is 10.4 Å². The van der Waals surface area contributed by atoms with Crippen molar-refractivity contribution in [3.63, 3.8) is 0 Å². The number of thiophene rings is 1. The van der Waals surface area contributed by atoms with E-state index in [0.29, 0.717) is 6.54 Å². The Bertz CT molecular complexity index is 756. The summed E-state index contributed by atoms with van der Waals surface area (Å²) >= 11 is 4.90. The first-order valence-electron chi connectivity index (χ1n) is 5.98. The van der Waals surface area contributed by atoms with Crippen molar-refractivity contribution in [1.29, 1.82) is 0 Å². The maximum atomic E-state index is 12.3. The van der Waals surface area contributed by atoms with Gasteiger partial charge in [-0.2, -0.15) is 0 Å². The number of Topliss-reactive ketones (excluding diaryl/α,β-unsaturated/α-hetero) is 1. The predicted molar refractivity (Wildman–Crippen MR) is 83.0 cm³/mol. The quantitative estimate of drug-likeness (QED) is 0.639. The normalized spacial score (nSPS) is 11.1. The maximum absolute atomic E-state index is 12.3. The standard InChI is InChI=1S/C15H12BrNOS/c1-10-8-11-4-2-3-5-13(11)17(10)9-14(18)15-12(16)6-7-19-15/h2-8H,9H2,1H3. The van der Waals surface area contributed by atoms with Crippen molar-refractivity contribution in [3.8, 4) is 0 Å². The molecule has 0 aliphatic carbocycles. The number of carbonyl (C=O) groups is 1. The number of rotatable bonds is 3. The van der Waals surface area contributed by atoms with Crippen molar-refractivity contribution < 1.29 is 4.79 Å². The van der Waals surface area contributed by atoms with Gasteiger partial charge < -0.3 is 4.57 Å². The van der Waals surface area contributed by atoms with Crippen LogP contribution in [0.25, 0.3) is 10.9 Å². The van der Waals surface area contributed by atoms with Gasteiger partial charge >= 0.3 is 0 Å². The highest BCUT2D eigenvalue weighted by Crippen LogP contribution is 2.25. The molecule has 0 saturated carbocycles. The molecule has 0 bridgehead atoms. The first kappa shape index (κ1) is 12.6. The molecule has 19 heavy (non-hydrogen) atoms. The molecular weight excluding hydrogens is 322 g/mol. The highest BCUT2D eigenvalue weighted by Gasteiger charge is 2.14. The average Bonchev–Trinajstić information content (AvgIpc) is 2.94. The summed E-state index contributed by atoms with van der Waals surface area (Å²) in [5, 5.41) is 3.11. The predicted octanol–water partition coefficient (Wildman–Crippen LogP) is 4.66. The van der Waals surface area contributed by atoms with Gasteiger partial charge in [0.15, 0.2) is 5.78 Å². The molecule has 2 aromatic heterocycles. The number of benzene rings is 1. The molecule has 2 heterocycles. The number of aryl methyl sites for hydroxylation is 1. The van der Waals surface area contributed by atoms with Gasteiger partial charge in [-0.15, -0.1) is 11.3 Å². The molecule has 0 atom stereocenters. The average molecular weight is 334 g/mol. The molecule has 4 heteroatoms. The van der Waals surface area contributed by atoms with Crippen LogP contribution in [0.4, 0.5) is 0 Å². The van der Waals surface area contributed by atoms with Gasteiger partial charge in [-0.25, -0.2) is 0 Å². The van der Waals surface area contributed by atoms with Crippen LogP contribution in [0.3, 0.4) is 0 Å². The van der Waals surface area contributed by atoms with Crippen LogP contribution < -0.4 is 0 Å². The van der Waals surface area contributed by atoms with Crippen LogP contribution in [0.5, 0.6) is 0 Å². The number of halogens is 1. The number of ketones is 1. The molecule has 1 aromatic carbocycles. The minimum atomic E-state index is 0.145. The molecule has 0 aliphatic rings. The molecule has 96 valence electrons. The molecule has 0 unspecified atom stereocenters. The minimum Gasteiger partial charge on any atom is -0.337 e. The fourth-order valence-corrected chi connectivity index (χ4v) is 3.79. The van der Waals surface area contributed by atoms with Crippen molar-refractivity contribution in [2.75, 3.05) is 0 Å². The van der Waals surface area contributed by atoms with E-state index in [1.54, 1.807) is 0 Å². The third-order valence-electron chi connectivity index (χ3n) is 3.19.